The van der Waals surface area contributed by atoms with E-state index in [1.807, 2.05) is 35.2 Å². The number of anilines is 1. The lowest BCUT2D eigenvalue weighted by atomic mass is 10.0. The third-order valence-corrected chi connectivity index (χ3v) is 5.71. The molecule has 0 spiro atoms. The van der Waals surface area contributed by atoms with Crippen molar-refractivity contribution < 1.29 is 9.53 Å². The van der Waals surface area contributed by atoms with E-state index in [9.17, 15) is 4.79 Å². The van der Waals surface area contributed by atoms with E-state index in [4.69, 9.17) is 4.74 Å². The summed E-state index contributed by atoms with van der Waals surface area (Å²) in [5.41, 5.74) is 2.12. The Morgan fingerprint density at radius 3 is 2.70 bits per heavy atom. The molecule has 1 atom stereocenters. The Morgan fingerprint density at radius 2 is 1.93 bits per heavy atom. The fraction of sp³-hybridized carbons (Fsp3) is 0.455. The number of nitrogens with zero attached hydrogens (tertiary/aromatic N) is 3. The number of hydrogen-bond donors (Lipinski definition) is 0. The van der Waals surface area contributed by atoms with E-state index in [0.717, 1.165) is 36.6 Å². The van der Waals surface area contributed by atoms with Crippen molar-refractivity contribution in [2.45, 2.75) is 38.1 Å². The standard InChI is InChI=1S/C22H27N3O2/c1-16-10-12-24(21-15-18(27-2)9-11-23-21)13-14-25(16)22(26)20-6-4-3-5-19(20)17-7-8-17/h3-6,9,11,15-17H,7-8,10,12-14H2,1-2H3/t16-/m1/s1. The number of carbonyl (C=O) groups is 1. The fourth-order valence-corrected chi connectivity index (χ4v) is 3.89. The molecule has 1 saturated heterocycles. The minimum Gasteiger partial charge on any atom is -0.497 e. The maximum absolute atomic E-state index is 13.3. The topological polar surface area (TPSA) is 45.7 Å². The first kappa shape index (κ1) is 17.8. The summed E-state index contributed by atoms with van der Waals surface area (Å²) < 4.78 is 5.33. The van der Waals surface area contributed by atoms with Crippen molar-refractivity contribution in [2.75, 3.05) is 31.6 Å². The highest BCUT2D eigenvalue weighted by Crippen LogP contribution is 2.42. The van der Waals surface area contributed by atoms with E-state index in [2.05, 4.69) is 22.9 Å². The molecule has 2 aliphatic rings. The Bertz CT molecular complexity index is 819. The summed E-state index contributed by atoms with van der Waals surface area (Å²) >= 11 is 0. The van der Waals surface area contributed by atoms with E-state index >= 15 is 0 Å². The van der Waals surface area contributed by atoms with Crippen LogP contribution in [0, 0.1) is 0 Å². The zero-order valence-corrected chi connectivity index (χ0v) is 16.1. The van der Waals surface area contributed by atoms with Crippen LogP contribution < -0.4 is 9.64 Å². The van der Waals surface area contributed by atoms with E-state index in [-0.39, 0.29) is 11.9 Å². The normalized spacial score (nSPS) is 20.3. The number of carbonyl (C=O) groups excluding carboxylic acids is 1. The number of pyridine rings is 1. The van der Waals surface area contributed by atoms with Crippen molar-refractivity contribution in [3.63, 3.8) is 0 Å². The summed E-state index contributed by atoms with van der Waals surface area (Å²) in [5.74, 6) is 2.47. The van der Waals surface area contributed by atoms with Gasteiger partial charge in [0.15, 0.2) is 0 Å². The van der Waals surface area contributed by atoms with Gasteiger partial charge in [0.05, 0.1) is 7.11 Å². The van der Waals surface area contributed by atoms with Gasteiger partial charge in [0.1, 0.15) is 11.6 Å². The predicted octanol–water partition coefficient (Wildman–Crippen LogP) is 3.71. The molecule has 2 aromatic rings. The summed E-state index contributed by atoms with van der Waals surface area (Å²) in [6.07, 6.45) is 5.11. The van der Waals surface area contributed by atoms with Gasteiger partial charge in [0.2, 0.25) is 0 Å². The molecule has 1 saturated carbocycles. The van der Waals surface area contributed by atoms with Crippen molar-refractivity contribution in [3.8, 4) is 5.75 Å². The molecule has 0 radical (unpaired) electrons. The molecule has 2 fully saturated rings. The van der Waals surface area contributed by atoms with Crippen LogP contribution in [0.4, 0.5) is 5.82 Å². The second-order valence-corrected chi connectivity index (χ2v) is 7.54. The van der Waals surface area contributed by atoms with Gasteiger partial charge in [0.25, 0.3) is 5.91 Å². The summed E-state index contributed by atoms with van der Waals surface area (Å²) in [6.45, 7) is 4.52. The molecule has 2 heterocycles. The average molecular weight is 365 g/mol. The summed E-state index contributed by atoms with van der Waals surface area (Å²) in [6, 6.07) is 12.2. The third kappa shape index (κ3) is 3.77. The van der Waals surface area contributed by atoms with Crippen LogP contribution in [-0.4, -0.2) is 48.6 Å². The summed E-state index contributed by atoms with van der Waals surface area (Å²) in [5, 5.41) is 0. The van der Waals surface area contributed by atoms with Crippen molar-refractivity contribution in [3.05, 3.63) is 53.7 Å². The van der Waals surface area contributed by atoms with Gasteiger partial charge in [-0.25, -0.2) is 4.98 Å². The maximum atomic E-state index is 13.3. The van der Waals surface area contributed by atoms with E-state index < -0.39 is 0 Å². The van der Waals surface area contributed by atoms with Crippen LogP contribution >= 0.6 is 0 Å². The summed E-state index contributed by atoms with van der Waals surface area (Å²) in [4.78, 5) is 22.1. The fourth-order valence-electron chi connectivity index (χ4n) is 3.89. The molecule has 1 aliphatic carbocycles. The molecule has 1 amide bonds. The molecular weight excluding hydrogens is 338 g/mol. The number of rotatable bonds is 4. The van der Waals surface area contributed by atoms with Gasteiger partial charge >= 0.3 is 0 Å². The lowest BCUT2D eigenvalue weighted by Crippen LogP contribution is -2.40. The minimum absolute atomic E-state index is 0.172. The van der Waals surface area contributed by atoms with E-state index in [1.54, 1.807) is 13.3 Å². The van der Waals surface area contributed by atoms with Crippen molar-refractivity contribution in [2.24, 2.45) is 0 Å². The van der Waals surface area contributed by atoms with Gasteiger partial charge in [-0.1, -0.05) is 18.2 Å². The minimum atomic E-state index is 0.172. The monoisotopic (exact) mass is 365 g/mol. The molecule has 1 aromatic carbocycles. The first-order valence-electron chi connectivity index (χ1n) is 9.82. The lowest BCUT2D eigenvalue weighted by molar-refractivity contribution is 0.0704. The van der Waals surface area contributed by atoms with Crippen LogP contribution in [0.1, 0.15) is 48.0 Å². The van der Waals surface area contributed by atoms with Gasteiger partial charge in [-0.05, 0) is 49.8 Å². The Hall–Kier alpha value is -2.56. The Labute approximate surface area is 161 Å². The number of aromatic nitrogens is 1. The smallest absolute Gasteiger partial charge is 0.254 e. The quantitative estimate of drug-likeness (QED) is 0.829. The molecule has 5 heteroatoms. The van der Waals surface area contributed by atoms with Crippen LogP contribution in [-0.2, 0) is 0 Å². The Kier molecular flexibility index (Phi) is 5.01. The highest BCUT2D eigenvalue weighted by molar-refractivity contribution is 5.96. The molecular formula is C22H27N3O2. The van der Waals surface area contributed by atoms with E-state index in [0.29, 0.717) is 12.5 Å². The van der Waals surface area contributed by atoms with Gasteiger partial charge < -0.3 is 14.5 Å². The summed E-state index contributed by atoms with van der Waals surface area (Å²) in [7, 11) is 1.67. The first-order valence-corrected chi connectivity index (χ1v) is 9.82. The molecule has 5 nitrogen and oxygen atoms in total. The van der Waals surface area contributed by atoms with Crippen LogP contribution in [0.5, 0.6) is 5.75 Å². The largest absolute Gasteiger partial charge is 0.497 e. The van der Waals surface area contributed by atoms with E-state index in [1.165, 1.54) is 18.4 Å². The van der Waals surface area contributed by atoms with Crippen molar-refractivity contribution in [1.82, 2.24) is 9.88 Å². The molecule has 142 valence electrons. The first-order chi connectivity index (χ1) is 13.2. The molecule has 4 rings (SSSR count). The Balaban J connectivity index is 1.52. The SMILES string of the molecule is COc1ccnc(N2CC[C@@H](C)N(C(=O)c3ccccc3C3CC3)CC2)c1. The van der Waals surface area contributed by atoms with Crippen molar-refractivity contribution >= 4 is 11.7 Å². The number of ether oxygens (including phenoxy) is 1. The van der Waals surface area contributed by atoms with Crippen LogP contribution in [0.2, 0.25) is 0 Å². The lowest BCUT2D eigenvalue weighted by Gasteiger charge is -2.28. The molecule has 0 N–H and O–H groups in total. The van der Waals surface area contributed by atoms with Crippen LogP contribution in [0.15, 0.2) is 42.6 Å². The highest BCUT2D eigenvalue weighted by Gasteiger charge is 2.31. The second kappa shape index (κ2) is 7.59. The molecule has 0 unspecified atom stereocenters. The molecule has 27 heavy (non-hydrogen) atoms. The molecule has 1 aromatic heterocycles. The highest BCUT2D eigenvalue weighted by atomic mass is 16.5. The van der Waals surface area contributed by atoms with Gasteiger partial charge in [-0.3, -0.25) is 4.79 Å². The predicted molar refractivity (Wildman–Crippen MR) is 107 cm³/mol. The number of methoxy groups -OCH3 is 1. The zero-order valence-electron chi connectivity index (χ0n) is 16.1. The van der Waals surface area contributed by atoms with Crippen LogP contribution in [0.3, 0.4) is 0 Å². The zero-order chi connectivity index (χ0) is 18.8. The second-order valence-electron chi connectivity index (χ2n) is 7.54. The van der Waals surface area contributed by atoms with Gasteiger partial charge in [0, 0.05) is 43.5 Å². The molecule has 1 aliphatic heterocycles. The maximum Gasteiger partial charge on any atom is 0.254 e. The van der Waals surface area contributed by atoms with Crippen molar-refractivity contribution in [1.29, 1.82) is 0 Å². The average Bonchev–Trinajstić information content (AvgIpc) is 3.56. The number of hydrogen-bond acceptors (Lipinski definition) is 4. The third-order valence-electron chi connectivity index (χ3n) is 5.71. The number of benzene rings is 1. The van der Waals surface area contributed by atoms with Gasteiger partial charge in [-0.15, -0.1) is 0 Å². The van der Waals surface area contributed by atoms with Crippen LogP contribution in [0.25, 0.3) is 0 Å². The molecule has 0 bridgehead atoms. The number of amides is 1. The Morgan fingerprint density at radius 1 is 1.11 bits per heavy atom. The van der Waals surface area contributed by atoms with Gasteiger partial charge in [-0.2, -0.15) is 0 Å².